The minimum atomic E-state index is -1.67. The number of hydrogen-bond donors (Lipinski definition) is 3. The number of carbonyl (C=O) groups is 3. The molecular formula is C29H30N2O5. The first kappa shape index (κ1) is 25.1. The van der Waals surface area contributed by atoms with E-state index >= 15 is 0 Å². The van der Waals surface area contributed by atoms with Crippen LogP contribution >= 0.6 is 0 Å². The van der Waals surface area contributed by atoms with E-state index in [1.54, 1.807) is 72.8 Å². The number of anilines is 2. The molecule has 0 heterocycles. The predicted octanol–water partition coefficient (Wildman–Crippen LogP) is 4.40. The third-order valence-electron chi connectivity index (χ3n) is 6.47. The summed E-state index contributed by atoms with van der Waals surface area (Å²) in [6.45, 7) is 3.76. The second kappa shape index (κ2) is 10.7. The Morgan fingerprint density at radius 3 is 2.08 bits per heavy atom. The Morgan fingerprint density at radius 1 is 0.917 bits per heavy atom. The van der Waals surface area contributed by atoms with Crippen molar-refractivity contribution in [3.63, 3.8) is 0 Å². The molecule has 3 aromatic carbocycles. The lowest BCUT2D eigenvalue weighted by molar-refractivity contribution is -0.150. The number of Topliss-reactive ketones (excluding diaryl/α,β-unsaturated/α-hetero) is 1. The van der Waals surface area contributed by atoms with Crippen LogP contribution in [-0.4, -0.2) is 34.9 Å². The number of ketones is 1. The van der Waals surface area contributed by atoms with Gasteiger partial charge in [0.15, 0.2) is 0 Å². The minimum Gasteiger partial charge on any atom is -0.494 e. The molecule has 7 heteroatoms. The Kier molecular flexibility index (Phi) is 7.50. The molecule has 1 fully saturated rings. The summed E-state index contributed by atoms with van der Waals surface area (Å²) in [5.41, 5.74) is -0.0103. The van der Waals surface area contributed by atoms with Crippen molar-refractivity contribution in [2.75, 3.05) is 17.2 Å². The summed E-state index contributed by atoms with van der Waals surface area (Å²) in [6, 6.07) is 24.7. The van der Waals surface area contributed by atoms with Gasteiger partial charge in [-0.2, -0.15) is 0 Å². The number of hydrogen-bond acceptors (Lipinski definition) is 5. The van der Waals surface area contributed by atoms with Crippen LogP contribution in [0, 0.1) is 11.8 Å². The molecule has 1 aliphatic rings. The van der Waals surface area contributed by atoms with Gasteiger partial charge in [0.1, 0.15) is 17.5 Å². The smallest absolute Gasteiger partial charge is 0.235 e. The fraction of sp³-hybridized carbons (Fsp3) is 0.276. The maximum absolute atomic E-state index is 13.7. The third kappa shape index (κ3) is 5.47. The summed E-state index contributed by atoms with van der Waals surface area (Å²) in [4.78, 5) is 40.6. The highest BCUT2D eigenvalue weighted by atomic mass is 16.5. The van der Waals surface area contributed by atoms with Crippen LogP contribution in [0.3, 0.4) is 0 Å². The van der Waals surface area contributed by atoms with Crippen molar-refractivity contribution in [1.82, 2.24) is 0 Å². The molecule has 0 radical (unpaired) electrons. The number of ether oxygens (including phenoxy) is 1. The molecule has 0 bridgehead atoms. The van der Waals surface area contributed by atoms with Gasteiger partial charge in [-0.15, -0.1) is 0 Å². The standard InChI is InChI=1S/C29H30N2O5/c1-3-36-22-16-10-11-19(17-22)24-25(27(33)30-20-12-6-4-7-13-20)23(32)18-29(2,35)26(24)28(34)31-21-14-8-5-9-15-21/h4-17,24-26,35H,3,18H2,1-2H3,(H,30,33)(H,31,34)/t24-,25-,26+,29-/m1/s1. The van der Waals surface area contributed by atoms with E-state index in [2.05, 4.69) is 10.6 Å². The van der Waals surface area contributed by atoms with E-state index in [-0.39, 0.29) is 6.42 Å². The largest absolute Gasteiger partial charge is 0.494 e. The summed E-state index contributed by atoms with van der Waals surface area (Å²) in [6.07, 6.45) is -0.325. The maximum atomic E-state index is 13.7. The maximum Gasteiger partial charge on any atom is 0.235 e. The number of aliphatic hydroxyl groups is 1. The molecule has 0 unspecified atom stereocenters. The Balaban J connectivity index is 1.78. The van der Waals surface area contributed by atoms with Gasteiger partial charge in [0, 0.05) is 23.7 Å². The number of benzene rings is 3. The van der Waals surface area contributed by atoms with Crippen molar-refractivity contribution in [2.24, 2.45) is 11.8 Å². The first-order valence-electron chi connectivity index (χ1n) is 12.0. The second-order valence-corrected chi connectivity index (χ2v) is 9.20. The number of amides is 2. The zero-order chi connectivity index (χ0) is 25.7. The van der Waals surface area contributed by atoms with E-state index in [0.717, 1.165) is 0 Å². The van der Waals surface area contributed by atoms with Crippen LogP contribution in [0.15, 0.2) is 84.9 Å². The Bertz CT molecular complexity index is 1230. The van der Waals surface area contributed by atoms with Gasteiger partial charge in [-0.1, -0.05) is 48.5 Å². The molecule has 1 saturated carbocycles. The molecule has 4 rings (SSSR count). The molecule has 3 aromatic rings. The number of nitrogens with one attached hydrogen (secondary N) is 2. The number of rotatable bonds is 7. The van der Waals surface area contributed by atoms with Crippen molar-refractivity contribution in [2.45, 2.75) is 31.8 Å². The van der Waals surface area contributed by atoms with Crippen LogP contribution in [0.2, 0.25) is 0 Å². The number of para-hydroxylation sites is 2. The highest BCUT2D eigenvalue weighted by molar-refractivity contribution is 6.10. The van der Waals surface area contributed by atoms with Gasteiger partial charge in [0.25, 0.3) is 0 Å². The summed E-state index contributed by atoms with van der Waals surface area (Å²) in [5, 5.41) is 17.1. The quantitative estimate of drug-likeness (QED) is 0.429. The molecular weight excluding hydrogens is 456 g/mol. The van der Waals surface area contributed by atoms with Gasteiger partial charge >= 0.3 is 0 Å². The lowest BCUT2D eigenvalue weighted by Gasteiger charge is -2.44. The van der Waals surface area contributed by atoms with Crippen LogP contribution in [0.25, 0.3) is 0 Å². The Labute approximate surface area is 210 Å². The molecule has 2 amide bonds. The van der Waals surface area contributed by atoms with Gasteiger partial charge in [0.05, 0.1) is 18.1 Å². The fourth-order valence-corrected chi connectivity index (χ4v) is 4.95. The van der Waals surface area contributed by atoms with Crippen molar-refractivity contribution in [1.29, 1.82) is 0 Å². The van der Waals surface area contributed by atoms with E-state index in [1.165, 1.54) is 6.92 Å². The molecule has 36 heavy (non-hydrogen) atoms. The van der Waals surface area contributed by atoms with E-state index in [4.69, 9.17) is 4.74 Å². The molecule has 0 aromatic heterocycles. The summed E-state index contributed by atoms with van der Waals surface area (Å²) < 4.78 is 5.65. The van der Waals surface area contributed by atoms with Gasteiger partial charge in [-0.05, 0) is 55.8 Å². The monoisotopic (exact) mass is 486 g/mol. The average Bonchev–Trinajstić information content (AvgIpc) is 2.84. The zero-order valence-electron chi connectivity index (χ0n) is 20.3. The molecule has 4 atom stereocenters. The normalized spacial score (nSPS) is 23.5. The van der Waals surface area contributed by atoms with Crippen molar-refractivity contribution in [3.8, 4) is 5.75 Å². The third-order valence-corrected chi connectivity index (χ3v) is 6.47. The van der Waals surface area contributed by atoms with Crippen LogP contribution < -0.4 is 15.4 Å². The van der Waals surface area contributed by atoms with E-state index in [0.29, 0.717) is 29.3 Å². The molecule has 186 valence electrons. The molecule has 1 aliphatic carbocycles. The second-order valence-electron chi connectivity index (χ2n) is 9.20. The Morgan fingerprint density at radius 2 is 1.50 bits per heavy atom. The number of carbonyl (C=O) groups excluding carboxylic acids is 3. The van der Waals surface area contributed by atoms with Gasteiger partial charge in [-0.25, -0.2) is 0 Å². The van der Waals surface area contributed by atoms with Gasteiger partial charge in [-0.3, -0.25) is 14.4 Å². The lowest BCUT2D eigenvalue weighted by Crippen LogP contribution is -2.56. The topological polar surface area (TPSA) is 105 Å². The summed E-state index contributed by atoms with van der Waals surface area (Å²) in [7, 11) is 0. The highest BCUT2D eigenvalue weighted by Gasteiger charge is 2.56. The van der Waals surface area contributed by atoms with E-state index in [1.807, 2.05) is 19.1 Å². The highest BCUT2D eigenvalue weighted by Crippen LogP contribution is 2.47. The predicted molar refractivity (Wildman–Crippen MR) is 138 cm³/mol. The lowest BCUT2D eigenvalue weighted by atomic mass is 9.61. The zero-order valence-corrected chi connectivity index (χ0v) is 20.3. The summed E-state index contributed by atoms with van der Waals surface area (Å²) >= 11 is 0. The van der Waals surface area contributed by atoms with Crippen molar-refractivity contribution in [3.05, 3.63) is 90.5 Å². The van der Waals surface area contributed by atoms with E-state index in [9.17, 15) is 19.5 Å². The van der Waals surface area contributed by atoms with Crippen LogP contribution in [0.4, 0.5) is 11.4 Å². The summed E-state index contributed by atoms with van der Waals surface area (Å²) in [5.74, 6) is -4.06. The molecule has 7 nitrogen and oxygen atoms in total. The fourth-order valence-electron chi connectivity index (χ4n) is 4.95. The van der Waals surface area contributed by atoms with Crippen LogP contribution in [0.5, 0.6) is 5.75 Å². The molecule has 0 spiro atoms. The first-order valence-corrected chi connectivity index (χ1v) is 12.0. The minimum absolute atomic E-state index is 0.325. The first-order chi connectivity index (χ1) is 17.3. The van der Waals surface area contributed by atoms with E-state index < -0.39 is 41.0 Å². The van der Waals surface area contributed by atoms with Crippen LogP contribution in [-0.2, 0) is 14.4 Å². The van der Waals surface area contributed by atoms with Crippen LogP contribution in [0.1, 0.15) is 31.7 Å². The molecule has 0 saturated heterocycles. The van der Waals surface area contributed by atoms with Gasteiger partial charge < -0.3 is 20.5 Å². The SMILES string of the molecule is CCOc1cccc([C@@H]2[C@H](C(=O)Nc3ccccc3)C(=O)C[C@@](C)(O)[C@@H]2C(=O)Nc2ccccc2)c1. The van der Waals surface area contributed by atoms with Crippen molar-refractivity contribution >= 4 is 29.0 Å². The average molecular weight is 487 g/mol. The Hall–Kier alpha value is -3.97. The molecule has 0 aliphatic heterocycles. The van der Waals surface area contributed by atoms with Crippen molar-refractivity contribution < 1.29 is 24.2 Å². The van der Waals surface area contributed by atoms with Gasteiger partial charge in [0.2, 0.25) is 11.8 Å². The molecule has 3 N–H and O–H groups in total.